The van der Waals surface area contributed by atoms with Crippen molar-refractivity contribution in [3.63, 3.8) is 0 Å². The van der Waals surface area contributed by atoms with Crippen LogP contribution in [0.25, 0.3) is 18.2 Å². The first-order valence-electron chi connectivity index (χ1n) is 8.18. The van der Waals surface area contributed by atoms with E-state index in [4.69, 9.17) is 28.2 Å². The number of benzene rings is 1. The lowest BCUT2D eigenvalue weighted by molar-refractivity contribution is -0.109. The highest BCUT2D eigenvalue weighted by atomic mass is 35.5. The summed E-state index contributed by atoms with van der Waals surface area (Å²) in [5.74, 6) is -0.0943. The van der Waals surface area contributed by atoms with Crippen LogP contribution >= 0.6 is 35.2 Å². The lowest BCUT2D eigenvalue weighted by atomic mass is 10.1. The maximum absolute atomic E-state index is 11.5. The fraction of sp³-hybridized carbons (Fsp3) is 0.100. The van der Waals surface area contributed by atoms with E-state index < -0.39 is 0 Å². The van der Waals surface area contributed by atoms with Crippen molar-refractivity contribution in [3.05, 3.63) is 72.2 Å². The Morgan fingerprint density at radius 1 is 1.30 bits per heavy atom. The molecular formula is C20H14ClNO3S2. The molecule has 0 aliphatic heterocycles. The van der Waals surface area contributed by atoms with Crippen LogP contribution < -0.4 is 10.8 Å². The maximum Gasteiger partial charge on any atom is 0.211 e. The van der Waals surface area contributed by atoms with Crippen LogP contribution in [0.1, 0.15) is 29.0 Å². The molecule has 0 saturated carbocycles. The zero-order chi connectivity index (χ0) is 19.1. The van der Waals surface area contributed by atoms with Crippen molar-refractivity contribution >= 4 is 59.2 Å². The number of ketones is 1. The summed E-state index contributed by atoms with van der Waals surface area (Å²) >= 11 is 13.1. The summed E-state index contributed by atoms with van der Waals surface area (Å²) in [4.78, 5) is 12.1. The number of rotatable bonds is 3. The lowest BCUT2D eigenvalue weighted by Gasteiger charge is -2.14. The molecule has 1 atom stereocenters. The highest BCUT2D eigenvalue weighted by Crippen LogP contribution is 2.33. The van der Waals surface area contributed by atoms with Gasteiger partial charge in [-0.1, -0.05) is 41.9 Å². The number of fused-ring (bicyclic) bond motifs is 1. The summed E-state index contributed by atoms with van der Waals surface area (Å²) < 4.78 is 7.95. The number of halogens is 1. The van der Waals surface area contributed by atoms with Gasteiger partial charge in [-0.3, -0.25) is 9.36 Å². The minimum atomic E-state index is -0.152. The van der Waals surface area contributed by atoms with E-state index in [9.17, 15) is 9.90 Å². The number of aromatic hydroxyl groups is 1. The van der Waals surface area contributed by atoms with Crippen molar-refractivity contribution in [3.8, 4) is 5.88 Å². The zero-order valence-corrected chi connectivity index (χ0v) is 16.6. The first-order chi connectivity index (χ1) is 13.0. The van der Waals surface area contributed by atoms with Crippen LogP contribution in [0.2, 0.25) is 5.02 Å². The van der Waals surface area contributed by atoms with Crippen LogP contribution in [0, 0.1) is 3.95 Å². The number of carbonyl (C=O) groups is 1. The van der Waals surface area contributed by atoms with E-state index in [-0.39, 0.29) is 17.7 Å². The Balaban J connectivity index is 1.83. The Kier molecular flexibility index (Phi) is 4.63. The zero-order valence-electron chi connectivity index (χ0n) is 14.2. The average Bonchev–Trinajstić information content (AvgIpc) is 3.11. The first-order valence-corrected chi connectivity index (χ1v) is 9.79. The molecule has 0 spiro atoms. The van der Waals surface area contributed by atoms with Crippen LogP contribution in [0.4, 0.5) is 0 Å². The molecule has 0 fully saturated rings. The van der Waals surface area contributed by atoms with Gasteiger partial charge < -0.3 is 9.52 Å². The highest BCUT2D eigenvalue weighted by molar-refractivity contribution is 7.73. The molecule has 1 N–H and O–H groups in total. The molecule has 7 heteroatoms. The van der Waals surface area contributed by atoms with Gasteiger partial charge in [0.05, 0.1) is 15.9 Å². The van der Waals surface area contributed by atoms with Gasteiger partial charge in [0, 0.05) is 17.7 Å². The van der Waals surface area contributed by atoms with Crippen LogP contribution in [0.5, 0.6) is 5.88 Å². The van der Waals surface area contributed by atoms with Crippen LogP contribution in [0.3, 0.4) is 0 Å². The standard InChI is InChI=1S/C20H14ClNO3S2/c1-11(12-5-3-2-4-6-12)22-19(24)17(27-20(22)26)10-16-18(21)14-8-7-13(23)9-15(14)25-16/h2-11,24H,1H3/t11-/m1/s1. The van der Waals surface area contributed by atoms with Crippen molar-refractivity contribution in [2.75, 3.05) is 0 Å². The fourth-order valence-corrected chi connectivity index (χ4v) is 4.64. The molecule has 136 valence electrons. The van der Waals surface area contributed by atoms with Crippen molar-refractivity contribution in [2.24, 2.45) is 0 Å². The SMILES string of the molecule is C[C@H](c1ccccc1)n1c(O)c(C=c2oc3c(c2Cl)C=CC(=O)C=3)sc1=S. The van der Waals surface area contributed by atoms with E-state index in [2.05, 4.69) is 0 Å². The number of thiazole rings is 1. The molecule has 4 nitrogen and oxygen atoms in total. The summed E-state index contributed by atoms with van der Waals surface area (Å²) in [5, 5.41) is 11.1. The van der Waals surface area contributed by atoms with Gasteiger partial charge in [0.2, 0.25) is 5.88 Å². The normalized spacial score (nSPS) is 14.9. The quantitative estimate of drug-likeness (QED) is 0.656. The van der Waals surface area contributed by atoms with Gasteiger partial charge in [0.1, 0.15) is 10.8 Å². The van der Waals surface area contributed by atoms with Crippen molar-refractivity contribution < 1.29 is 14.3 Å². The van der Waals surface area contributed by atoms with Crippen molar-refractivity contribution in [1.82, 2.24) is 4.57 Å². The second kappa shape index (κ2) is 6.96. The number of furan rings is 1. The van der Waals surface area contributed by atoms with Gasteiger partial charge in [-0.25, -0.2) is 0 Å². The van der Waals surface area contributed by atoms with Crippen LogP contribution in [-0.4, -0.2) is 15.5 Å². The Bertz CT molecular complexity index is 1250. The third-order valence-corrected chi connectivity index (χ3v) is 6.13. The topological polar surface area (TPSA) is 55.4 Å². The van der Waals surface area contributed by atoms with Gasteiger partial charge in [-0.15, -0.1) is 11.3 Å². The molecule has 2 aromatic heterocycles. The molecule has 0 saturated heterocycles. The Morgan fingerprint density at radius 3 is 2.78 bits per heavy atom. The van der Waals surface area contributed by atoms with Crippen LogP contribution in [-0.2, 0) is 4.79 Å². The monoisotopic (exact) mass is 415 g/mol. The molecule has 4 rings (SSSR count). The Labute approximate surface area is 169 Å². The third-order valence-electron chi connectivity index (χ3n) is 4.40. The van der Waals surface area contributed by atoms with E-state index >= 15 is 0 Å². The molecule has 2 heterocycles. The summed E-state index contributed by atoms with van der Waals surface area (Å²) in [6.07, 6.45) is 6.11. The molecular weight excluding hydrogens is 402 g/mol. The lowest BCUT2D eigenvalue weighted by Crippen LogP contribution is -2.08. The van der Waals surface area contributed by atoms with E-state index in [1.165, 1.54) is 23.5 Å². The second-order valence-corrected chi connectivity index (χ2v) is 8.15. The molecule has 0 amide bonds. The number of hydrogen-bond donors (Lipinski definition) is 1. The molecule has 1 aliphatic carbocycles. The van der Waals surface area contributed by atoms with Gasteiger partial charge in [0.15, 0.2) is 9.74 Å². The molecule has 0 radical (unpaired) electrons. The number of allylic oxidation sites excluding steroid dienone is 1. The third kappa shape index (κ3) is 3.20. The predicted octanol–water partition coefficient (Wildman–Crippen LogP) is 4.05. The second-order valence-electron chi connectivity index (χ2n) is 6.10. The van der Waals surface area contributed by atoms with Crippen molar-refractivity contribution in [2.45, 2.75) is 13.0 Å². The molecule has 27 heavy (non-hydrogen) atoms. The minimum Gasteiger partial charge on any atom is -0.493 e. The summed E-state index contributed by atoms with van der Waals surface area (Å²) in [6.45, 7) is 1.98. The highest BCUT2D eigenvalue weighted by Gasteiger charge is 2.18. The Hall–Kier alpha value is -2.41. The van der Waals surface area contributed by atoms with Crippen LogP contribution in [0.15, 0.2) is 40.8 Å². The van der Waals surface area contributed by atoms with Crippen molar-refractivity contribution in [1.29, 1.82) is 0 Å². The predicted molar refractivity (Wildman–Crippen MR) is 110 cm³/mol. The summed E-state index contributed by atoms with van der Waals surface area (Å²) in [5.41, 5.74) is 2.49. The number of nitrogens with zero attached hydrogens (tertiary/aromatic N) is 1. The average molecular weight is 416 g/mol. The molecule has 1 aromatic carbocycles. The molecule has 3 aromatic rings. The fourth-order valence-electron chi connectivity index (χ4n) is 2.99. The van der Waals surface area contributed by atoms with E-state index in [0.717, 1.165) is 5.56 Å². The minimum absolute atomic E-state index is 0.0578. The number of carbonyl (C=O) groups excluding carboxylic acids is 1. The van der Waals surface area contributed by atoms with Gasteiger partial charge >= 0.3 is 0 Å². The van der Waals surface area contributed by atoms with E-state index in [1.807, 2.05) is 37.3 Å². The smallest absolute Gasteiger partial charge is 0.211 e. The molecule has 1 aliphatic rings. The van der Waals surface area contributed by atoms with Gasteiger partial charge in [-0.05, 0) is 36.9 Å². The molecule has 0 unspecified atom stereocenters. The number of hydrogen-bond acceptors (Lipinski definition) is 5. The largest absolute Gasteiger partial charge is 0.493 e. The van der Waals surface area contributed by atoms with Gasteiger partial charge in [0.25, 0.3) is 0 Å². The van der Waals surface area contributed by atoms with E-state index in [0.29, 0.717) is 30.2 Å². The summed E-state index contributed by atoms with van der Waals surface area (Å²) in [7, 11) is 0. The summed E-state index contributed by atoms with van der Waals surface area (Å²) in [6, 6.07) is 9.70. The first kappa shape index (κ1) is 18.0. The van der Waals surface area contributed by atoms with E-state index in [1.54, 1.807) is 16.7 Å². The van der Waals surface area contributed by atoms with Gasteiger partial charge in [-0.2, -0.15) is 0 Å². The molecule has 0 bridgehead atoms. The number of aromatic nitrogens is 1. The maximum atomic E-state index is 11.5. The Morgan fingerprint density at radius 2 is 2.04 bits per heavy atom.